The topological polar surface area (TPSA) is 68.1 Å². The summed E-state index contributed by atoms with van der Waals surface area (Å²) in [5, 5.41) is 14.2. The molecule has 5 nitrogen and oxygen atoms in total. The van der Waals surface area contributed by atoms with Crippen molar-refractivity contribution >= 4 is 11.4 Å². The fourth-order valence-corrected chi connectivity index (χ4v) is 1.95. The molecule has 98 valence electrons. The Hall–Kier alpha value is -2.43. The van der Waals surface area contributed by atoms with Crippen LogP contribution >= 0.6 is 0 Å². The summed E-state index contributed by atoms with van der Waals surface area (Å²) < 4.78 is 0. The number of nitrogens with zero attached hydrogens (tertiary/aromatic N) is 2. The smallest absolute Gasteiger partial charge is 0.274 e. The Morgan fingerprint density at radius 3 is 2.58 bits per heavy atom. The van der Waals surface area contributed by atoms with E-state index in [2.05, 4.69) is 10.3 Å². The Labute approximate surface area is 111 Å². The summed E-state index contributed by atoms with van der Waals surface area (Å²) in [6.45, 7) is 3.76. The molecule has 0 aliphatic heterocycles. The maximum absolute atomic E-state index is 10.9. The van der Waals surface area contributed by atoms with Crippen molar-refractivity contribution < 1.29 is 4.92 Å². The first-order chi connectivity index (χ1) is 9.09. The van der Waals surface area contributed by atoms with Crippen molar-refractivity contribution in [2.75, 3.05) is 5.32 Å². The van der Waals surface area contributed by atoms with Crippen LogP contribution in [-0.2, 0) is 0 Å². The Bertz CT molecular complexity index is 584. The van der Waals surface area contributed by atoms with Crippen LogP contribution in [0.25, 0.3) is 0 Å². The minimum atomic E-state index is -0.363. The minimum Gasteiger partial charge on any atom is -0.378 e. The zero-order valence-corrected chi connectivity index (χ0v) is 10.8. The largest absolute Gasteiger partial charge is 0.378 e. The third-order valence-electron chi connectivity index (χ3n) is 3.08. The van der Waals surface area contributed by atoms with E-state index in [1.54, 1.807) is 25.4 Å². The first kappa shape index (κ1) is 13.0. The summed E-state index contributed by atoms with van der Waals surface area (Å²) in [5.74, 6) is 0. The van der Waals surface area contributed by atoms with Gasteiger partial charge in [0.15, 0.2) is 0 Å². The van der Waals surface area contributed by atoms with Gasteiger partial charge in [-0.2, -0.15) is 0 Å². The van der Waals surface area contributed by atoms with E-state index in [9.17, 15) is 10.1 Å². The maximum atomic E-state index is 10.9. The molecule has 1 atom stereocenters. The molecule has 1 heterocycles. The highest BCUT2D eigenvalue weighted by Gasteiger charge is 2.14. The lowest BCUT2D eigenvalue weighted by Gasteiger charge is -2.17. The number of nitrogens with one attached hydrogen (secondary N) is 1. The molecule has 19 heavy (non-hydrogen) atoms. The van der Waals surface area contributed by atoms with Gasteiger partial charge in [-0.25, -0.2) is 0 Å². The van der Waals surface area contributed by atoms with E-state index in [0.717, 1.165) is 11.3 Å². The number of hydrogen-bond donors (Lipinski definition) is 1. The SMILES string of the molecule is Cc1c(NC(C)c2ccncc2)cccc1[N+](=O)[O-]. The van der Waals surface area contributed by atoms with Gasteiger partial charge in [-0.05, 0) is 37.6 Å². The van der Waals surface area contributed by atoms with Gasteiger partial charge in [0, 0.05) is 35.8 Å². The lowest BCUT2D eigenvalue weighted by atomic mass is 10.1. The maximum Gasteiger partial charge on any atom is 0.274 e. The Kier molecular flexibility index (Phi) is 3.75. The van der Waals surface area contributed by atoms with E-state index in [0.29, 0.717) is 5.56 Å². The molecule has 1 aromatic carbocycles. The summed E-state index contributed by atoms with van der Waals surface area (Å²) in [6.07, 6.45) is 3.46. The van der Waals surface area contributed by atoms with E-state index in [1.165, 1.54) is 6.07 Å². The Morgan fingerprint density at radius 1 is 1.26 bits per heavy atom. The highest BCUT2D eigenvalue weighted by atomic mass is 16.6. The Morgan fingerprint density at radius 2 is 1.95 bits per heavy atom. The average molecular weight is 257 g/mol. The van der Waals surface area contributed by atoms with Gasteiger partial charge < -0.3 is 5.32 Å². The van der Waals surface area contributed by atoms with Crippen LogP contribution in [0.4, 0.5) is 11.4 Å². The summed E-state index contributed by atoms with van der Waals surface area (Å²) in [5.41, 5.74) is 2.64. The number of pyridine rings is 1. The van der Waals surface area contributed by atoms with Gasteiger partial charge in [-0.3, -0.25) is 15.1 Å². The highest BCUT2D eigenvalue weighted by Crippen LogP contribution is 2.28. The molecule has 0 aliphatic rings. The molecule has 0 spiro atoms. The second kappa shape index (κ2) is 5.48. The van der Waals surface area contributed by atoms with Gasteiger partial charge in [-0.1, -0.05) is 6.07 Å². The van der Waals surface area contributed by atoms with Crippen LogP contribution in [0, 0.1) is 17.0 Å². The lowest BCUT2D eigenvalue weighted by molar-refractivity contribution is -0.385. The normalized spacial score (nSPS) is 11.9. The first-order valence-electron chi connectivity index (χ1n) is 6.00. The monoisotopic (exact) mass is 257 g/mol. The molecule has 0 amide bonds. The molecule has 0 saturated heterocycles. The fraction of sp³-hybridized carbons (Fsp3) is 0.214. The predicted molar refractivity (Wildman–Crippen MR) is 74.1 cm³/mol. The summed E-state index contributed by atoms with van der Waals surface area (Å²) in [6, 6.07) is 8.95. The van der Waals surface area contributed by atoms with Crippen LogP contribution < -0.4 is 5.32 Å². The number of hydrogen-bond acceptors (Lipinski definition) is 4. The second-order valence-electron chi connectivity index (χ2n) is 4.35. The molecule has 0 fully saturated rings. The number of rotatable bonds is 4. The average Bonchev–Trinajstić information content (AvgIpc) is 2.41. The molecule has 2 rings (SSSR count). The van der Waals surface area contributed by atoms with E-state index in [4.69, 9.17) is 0 Å². The first-order valence-corrected chi connectivity index (χ1v) is 6.00. The third-order valence-corrected chi connectivity index (χ3v) is 3.08. The molecule has 1 N–H and O–H groups in total. The lowest BCUT2D eigenvalue weighted by Crippen LogP contribution is -2.08. The number of nitro benzene ring substituents is 1. The molecule has 0 saturated carbocycles. The van der Waals surface area contributed by atoms with Crippen LogP contribution in [0.3, 0.4) is 0 Å². The van der Waals surface area contributed by atoms with Crippen LogP contribution in [-0.4, -0.2) is 9.91 Å². The summed E-state index contributed by atoms with van der Waals surface area (Å²) >= 11 is 0. The van der Waals surface area contributed by atoms with E-state index < -0.39 is 0 Å². The van der Waals surface area contributed by atoms with Crippen molar-refractivity contribution in [2.45, 2.75) is 19.9 Å². The highest BCUT2D eigenvalue weighted by molar-refractivity contribution is 5.60. The standard InChI is InChI=1S/C14H15N3O2/c1-10-13(4-3-5-14(10)17(18)19)16-11(2)12-6-8-15-9-7-12/h3-9,11,16H,1-2H3. The molecule has 1 unspecified atom stereocenters. The number of anilines is 1. The van der Waals surface area contributed by atoms with Crippen LogP contribution in [0.5, 0.6) is 0 Å². The van der Waals surface area contributed by atoms with Crippen LogP contribution in [0.1, 0.15) is 24.1 Å². The van der Waals surface area contributed by atoms with Gasteiger partial charge in [0.05, 0.1) is 4.92 Å². The van der Waals surface area contributed by atoms with E-state index in [-0.39, 0.29) is 16.7 Å². The van der Waals surface area contributed by atoms with Gasteiger partial charge in [-0.15, -0.1) is 0 Å². The van der Waals surface area contributed by atoms with Gasteiger partial charge >= 0.3 is 0 Å². The minimum absolute atomic E-state index is 0.0590. The van der Waals surface area contributed by atoms with Crippen LogP contribution in [0.15, 0.2) is 42.7 Å². The third kappa shape index (κ3) is 2.88. The number of benzene rings is 1. The molecular weight excluding hydrogens is 242 g/mol. The van der Waals surface area contributed by atoms with E-state index >= 15 is 0 Å². The van der Waals surface area contributed by atoms with Crippen molar-refractivity contribution in [3.63, 3.8) is 0 Å². The van der Waals surface area contributed by atoms with Crippen molar-refractivity contribution in [1.29, 1.82) is 0 Å². The number of nitro groups is 1. The van der Waals surface area contributed by atoms with Gasteiger partial charge in [0.2, 0.25) is 0 Å². The summed E-state index contributed by atoms with van der Waals surface area (Å²) in [4.78, 5) is 14.5. The molecule has 0 bridgehead atoms. The number of aromatic nitrogens is 1. The van der Waals surface area contributed by atoms with Crippen molar-refractivity contribution in [1.82, 2.24) is 4.98 Å². The molecule has 0 radical (unpaired) electrons. The van der Waals surface area contributed by atoms with Crippen LogP contribution in [0.2, 0.25) is 0 Å². The summed E-state index contributed by atoms with van der Waals surface area (Å²) in [7, 11) is 0. The fourth-order valence-electron chi connectivity index (χ4n) is 1.95. The van der Waals surface area contributed by atoms with Gasteiger partial charge in [0.25, 0.3) is 5.69 Å². The molecule has 5 heteroatoms. The molecular formula is C14H15N3O2. The predicted octanol–water partition coefficient (Wildman–Crippen LogP) is 3.47. The quantitative estimate of drug-likeness (QED) is 0.672. The molecule has 1 aromatic heterocycles. The Balaban J connectivity index is 2.25. The van der Waals surface area contributed by atoms with Crippen molar-refractivity contribution in [3.05, 3.63) is 64.0 Å². The zero-order chi connectivity index (χ0) is 13.8. The van der Waals surface area contributed by atoms with E-state index in [1.807, 2.05) is 25.1 Å². The molecule has 0 aliphatic carbocycles. The second-order valence-corrected chi connectivity index (χ2v) is 4.35. The van der Waals surface area contributed by atoms with Gasteiger partial charge in [0.1, 0.15) is 0 Å². The zero-order valence-electron chi connectivity index (χ0n) is 10.8. The van der Waals surface area contributed by atoms with Crippen molar-refractivity contribution in [3.8, 4) is 0 Å². The van der Waals surface area contributed by atoms with Crippen molar-refractivity contribution in [2.24, 2.45) is 0 Å². The molecule has 2 aromatic rings.